The number of aromatic nitrogens is 1. The molecular formula is C28H28N4O5. The van der Waals surface area contributed by atoms with Gasteiger partial charge < -0.3 is 23.9 Å². The average molecular weight is 501 g/mol. The molecule has 2 amide bonds. The Morgan fingerprint density at radius 3 is 2.54 bits per heavy atom. The van der Waals surface area contributed by atoms with E-state index in [2.05, 4.69) is 10.2 Å². The van der Waals surface area contributed by atoms with Crippen molar-refractivity contribution in [3.8, 4) is 5.75 Å². The second-order valence-corrected chi connectivity index (χ2v) is 8.95. The fourth-order valence-corrected chi connectivity index (χ4v) is 4.60. The number of ether oxygens (including phenoxy) is 1. The predicted molar refractivity (Wildman–Crippen MR) is 140 cm³/mol. The molecule has 0 unspecified atom stereocenters. The number of methoxy groups -OCH3 is 1. The van der Waals surface area contributed by atoms with Gasteiger partial charge in [-0.25, -0.2) is 0 Å². The van der Waals surface area contributed by atoms with Crippen LogP contribution in [0.3, 0.4) is 0 Å². The summed E-state index contributed by atoms with van der Waals surface area (Å²) in [5.74, 6) is 0.165. The summed E-state index contributed by atoms with van der Waals surface area (Å²) >= 11 is 0. The van der Waals surface area contributed by atoms with Crippen molar-refractivity contribution in [2.75, 3.05) is 38.6 Å². The third kappa shape index (κ3) is 5.41. The van der Waals surface area contributed by atoms with Crippen molar-refractivity contribution in [1.82, 2.24) is 14.4 Å². The molecule has 5 rings (SSSR count). The smallest absolute Gasteiger partial charge is 0.289 e. The second-order valence-electron chi connectivity index (χ2n) is 8.95. The fourth-order valence-electron chi connectivity index (χ4n) is 4.60. The maximum atomic E-state index is 13.1. The Labute approximate surface area is 213 Å². The Bertz CT molecular complexity index is 1460. The van der Waals surface area contributed by atoms with Crippen LogP contribution in [0.15, 0.2) is 82.3 Å². The minimum atomic E-state index is -0.241. The number of amides is 2. The van der Waals surface area contributed by atoms with Gasteiger partial charge in [0.1, 0.15) is 6.54 Å². The van der Waals surface area contributed by atoms with E-state index in [0.717, 1.165) is 16.5 Å². The number of anilines is 1. The van der Waals surface area contributed by atoms with E-state index in [1.54, 1.807) is 27.8 Å². The first-order valence-electron chi connectivity index (χ1n) is 12.1. The molecule has 37 heavy (non-hydrogen) atoms. The van der Waals surface area contributed by atoms with Crippen LogP contribution in [0, 0.1) is 0 Å². The van der Waals surface area contributed by atoms with Crippen LogP contribution in [-0.2, 0) is 17.9 Å². The van der Waals surface area contributed by atoms with Crippen LogP contribution in [0.4, 0.5) is 5.69 Å². The van der Waals surface area contributed by atoms with Crippen LogP contribution in [0.1, 0.15) is 16.2 Å². The van der Waals surface area contributed by atoms with Crippen LogP contribution in [-0.4, -0.2) is 59.5 Å². The molecule has 0 bridgehead atoms. The number of hydrogen-bond donors (Lipinski definition) is 1. The number of furan rings is 1. The largest absolute Gasteiger partial charge is 0.491 e. The van der Waals surface area contributed by atoms with Crippen molar-refractivity contribution >= 4 is 28.3 Å². The van der Waals surface area contributed by atoms with Gasteiger partial charge in [-0.3, -0.25) is 19.3 Å². The molecular weight excluding hydrogens is 472 g/mol. The van der Waals surface area contributed by atoms with Crippen LogP contribution in [0.5, 0.6) is 5.75 Å². The molecule has 0 radical (unpaired) electrons. The van der Waals surface area contributed by atoms with E-state index in [0.29, 0.717) is 44.2 Å². The molecule has 0 atom stereocenters. The molecule has 0 aliphatic carbocycles. The molecule has 2 aromatic heterocycles. The van der Waals surface area contributed by atoms with Crippen LogP contribution >= 0.6 is 0 Å². The molecule has 1 saturated heterocycles. The van der Waals surface area contributed by atoms with Gasteiger partial charge in [-0.2, -0.15) is 0 Å². The van der Waals surface area contributed by atoms with Gasteiger partial charge in [0.25, 0.3) is 5.91 Å². The molecule has 2 aromatic carbocycles. The topological polar surface area (TPSA) is 97.0 Å². The number of hydrogen-bond acceptors (Lipinski definition) is 6. The van der Waals surface area contributed by atoms with Gasteiger partial charge in [-0.15, -0.1) is 0 Å². The average Bonchev–Trinajstić information content (AvgIpc) is 3.45. The molecule has 0 spiro atoms. The highest BCUT2D eigenvalue weighted by atomic mass is 16.5. The summed E-state index contributed by atoms with van der Waals surface area (Å²) in [7, 11) is 1.44. The summed E-state index contributed by atoms with van der Waals surface area (Å²) in [6.45, 7) is 2.84. The zero-order valence-corrected chi connectivity index (χ0v) is 20.6. The summed E-state index contributed by atoms with van der Waals surface area (Å²) in [5.41, 5.74) is 1.19. The summed E-state index contributed by atoms with van der Waals surface area (Å²) < 4.78 is 12.2. The van der Waals surface area contributed by atoms with Gasteiger partial charge in [0.2, 0.25) is 11.3 Å². The lowest BCUT2D eigenvalue weighted by Gasteiger charge is -2.34. The first kappa shape index (κ1) is 24.3. The van der Waals surface area contributed by atoms with Crippen LogP contribution in [0.25, 0.3) is 10.8 Å². The van der Waals surface area contributed by atoms with Crippen molar-refractivity contribution in [2.45, 2.75) is 13.1 Å². The molecule has 3 heterocycles. The van der Waals surface area contributed by atoms with Gasteiger partial charge in [-0.1, -0.05) is 36.4 Å². The highest BCUT2D eigenvalue weighted by Gasteiger charge is 2.24. The predicted octanol–water partition coefficient (Wildman–Crippen LogP) is 3.20. The minimum absolute atomic E-state index is 0.0200. The molecule has 1 aliphatic heterocycles. The van der Waals surface area contributed by atoms with Crippen LogP contribution in [0.2, 0.25) is 0 Å². The number of carbonyl (C=O) groups excluding carboxylic acids is 2. The molecule has 0 saturated carbocycles. The Morgan fingerprint density at radius 2 is 1.78 bits per heavy atom. The highest BCUT2D eigenvalue weighted by molar-refractivity contribution is 6.02. The molecule has 1 aliphatic rings. The van der Waals surface area contributed by atoms with E-state index in [1.165, 1.54) is 19.4 Å². The van der Waals surface area contributed by atoms with Gasteiger partial charge >= 0.3 is 0 Å². The van der Waals surface area contributed by atoms with E-state index in [1.807, 2.05) is 42.5 Å². The maximum Gasteiger partial charge on any atom is 0.289 e. The van der Waals surface area contributed by atoms with Gasteiger partial charge in [-0.05, 0) is 23.6 Å². The third-order valence-corrected chi connectivity index (χ3v) is 6.56. The first-order chi connectivity index (χ1) is 18.0. The molecule has 1 N–H and O–H groups in total. The molecule has 4 aromatic rings. The summed E-state index contributed by atoms with van der Waals surface area (Å²) in [6.07, 6.45) is 3.07. The van der Waals surface area contributed by atoms with Crippen molar-refractivity contribution in [3.05, 3.63) is 94.8 Å². The Hall–Kier alpha value is -4.37. The van der Waals surface area contributed by atoms with E-state index in [9.17, 15) is 14.4 Å². The molecule has 9 nitrogen and oxygen atoms in total. The highest BCUT2D eigenvalue weighted by Crippen LogP contribution is 2.23. The number of carbonyl (C=O) groups is 2. The van der Waals surface area contributed by atoms with E-state index in [-0.39, 0.29) is 29.5 Å². The Morgan fingerprint density at radius 1 is 1.00 bits per heavy atom. The number of rotatable bonds is 7. The lowest BCUT2D eigenvalue weighted by molar-refractivity contribution is -0.116. The number of benzene rings is 2. The normalized spacial score (nSPS) is 14.0. The fraction of sp³-hybridized carbons (Fsp3) is 0.250. The number of nitrogens with zero attached hydrogens (tertiary/aromatic N) is 3. The molecule has 190 valence electrons. The summed E-state index contributed by atoms with van der Waals surface area (Å²) in [4.78, 5) is 42.1. The summed E-state index contributed by atoms with van der Waals surface area (Å²) in [5, 5.41) is 5.00. The van der Waals surface area contributed by atoms with Crippen molar-refractivity contribution in [2.24, 2.45) is 0 Å². The van der Waals surface area contributed by atoms with Crippen molar-refractivity contribution in [3.63, 3.8) is 0 Å². The number of fused-ring (bicyclic) bond motifs is 1. The van der Waals surface area contributed by atoms with Gasteiger partial charge in [0.05, 0.1) is 19.6 Å². The van der Waals surface area contributed by atoms with Crippen LogP contribution < -0.4 is 15.5 Å². The molecule has 9 heteroatoms. The monoisotopic (exact) mass is 500 g/mol. The Balaban J connectivity index is 1.29. The second kappa shape index (κ2) is 10.7. The van der Waals surface area contributed by atoms with Gasteiger partial charge in [0.15, 0.2) is 11.5 Å². The maximum absolute atomic E-state index is 13.1. The zero-order chi connectivity index (χ0) is 25.8. The van der Waals surface area contributed by atoms with E-state index >= 15 is 0 Å². The van der Waals surface area contributed by atoms with Crippen molar-refractivity contribution < 1.29 is 18.7 Å². The molecule has 1 fully saturated rings. The van der Waals surface area contributed by atoms with Crippen molar-refractivity contribution in [1.29, 1.82) is 0 Å². The SMILES string of the molecule is COc1cn(CC(=O)Nc2cccc3ccccc23)c(CN2CCN(C(=O)c3ccco3)CC2)cc1=O. The van der Waals surface area contributed by atoms with E-state index in [4.69, 9.17) is 9.15 Å². The standard InChI is InChI=1S/C28H28N4O5/c1-36-26-18-32(19-27(34)29-23-9-4-7-20-6-2-3-8-22(20)23)21(16-24(26)33)17-30-11-13-31(14-12-30)28(35)25-10-5-15-37-25/h2-10,15-16,18H,11-14,17,19H2,1H3,(H,29,34). The zero-order valence-electron chi connectivity index (χ0n) is 20.6. The lowest BCUT2D eigenvalue weighted by Crippen LogP contribution is -2.48. The third-order valence-electron chi connectivity index (χ3n) is 6.56. The Kier molecular flexibility index (Phi) is 7.04. The number of pyridine rings is 1. The van der Waals surface area contributed by atoms with E-state index < -0.39 is 0 Å². The van der Waals surface area contributed by atoms with Gasteiger partial charge in [0, 0.05) is 55.6 Å². The summed E-state index contributed by atoms with van der Waals surface area (Å²) in [6, 6.07) is 18.5. The lowest BCUT2D eigenvalue weighted by atomic mass is 10.1. The first-order valence-corrected chi connectivity index (χ1v) is 12.1. The number of piperazine rings is 1. The quantitative estimate of drug-likeness (QED) is 0.419. The minimum Gasteiger partial charge on any atom is -0.491 e. The number of nitrogens with one attached hydrogen (secondary N) is 1.